The molecular formula is C22H21BrN2O3S. The Hall–Kier alpha value is -2.38. The predicted molar refractivity (Wildman–Crippen MR) is 121 cm³/mol. The number of halogens is 1. The number of aliphatic carboxylic acids is 1. The normalized spacial score (nSPS) is 12.6. The lowest BCUT2D eigenvalue weighted by Gasteiger charge is -2.15. The first-order valence-corrected chi connectivity index (χ1v) is 11.2. The molecule has 0 radical (unpaired) electrons. The quantitative estimate of drug-likeness (QED) is 0.378. The zero-order valence-electron chi connectivity index (χ0n) is 16.0. The Morgan fingerprint density at radius 1 is 1.21 bits per heavy atom. The average molecular weight is 473 g/mol. The molecule has 29 heavy (non-hydrogen) atoms. The maximum atomic E-state index is 13.4. The molecule has 1 unspecified atom stereocenters. The fourth-order valence-electron chi connectivity index (χ4n) is 3.94. The second kappa shape index (κ2) is 8.16. The number of rotatable bonds is 7. The zero-order valence-corrected chi connectivity index (χ0v) is 18.4. The lowest BCUT2D eigenvalue weighted by atomic mass is 10.1. The van der Waals surface area contributed by atoms with E-state index < -0.39 is 5.97 Å². The number of para-hydroxylation sites is 2. The van der Waals surface area contributed by atoms with Crippen LogP contribution in [0.15, 0.2) is 57.1 Å². The number of fused-ring (bicyclic) bond motifs is 2. The first-order valence-electron chi connectivity index (χ1n) is 9.56. The van der Waals surface area contributed by atoms with Gasteiger partial charge in [-0.1, -0.05) is 41.4 Å². The molecule has 0 aliphatic rings. The summed E-state index contributed by atoms with van der Waals surface area (Å²) in [5.74, 6) is -0.888. The number of thiophene rings is 1. The van der Waals surface area contributed by atoms with Gasteiger partial charge in [0.05, 0.1) is 24.0 Å². The molecule has 2 heterocycles. The van der Waals surface area contributed by atoms with Gasteiger partial charge < -0.3 is 5.11 Å². The summed E-state index contributed by atoms with van der Waals surface area (Å²) in [4.78, 5) is 24.9. The largest absolute Gasteiger partial charge is 0.481 e. The lowest BCUT2D eigenvalue weighted by Crippen LogP contribution is -2.29. The third kappa shape index (κ3) is 3.76. The first kappa shape index (κ1) is 19.9. The maximum absolute atomic E-state index is 13.4. The van der Waals surface area contributed by atoms with E-state index in [9.17, 15) is 14.7 Å². The molecule has 0 spiro atoms. The maximum Gasteiger partial charge on any atom is 0.329 e. The molecular weight excluding hydrogens is 452 g/mol. The lowest BCUT2D eigenvalue weighted by molar-refractivity contribution is -0.137. The smallest absolute Gasteiger partial charge is 0.329 e. The van der Waals surface area contributed by atoms with E-state index in [1.807, 2.05) is 37.3 Å². The highest BCUT2D eigenvalue weighted by atomic mass is 79.9. The van der Waals surface area contributed by atoms with Crippen LogP contribution in [0.5, 0.6) is 0 Å². The molecule has 7 heteroatoms. The molecule has 0 bridgehead atoms. The minimum Gasteiger partial charge on any atom is -0.481 e. The van der Waals surface area contributed by atoms with Gasteiger partial charge in [0.25, 0.3) is 0 Å². The summed E-state index contributed by atoms with van der Waals surface area (Å²) < 4.78 is 5.62. The number of hydrogen-bond acceptors (Lipinski definition) is 3. The van der Waals surface area contributed by atoms with Crippen molar-refractivity contribution < 1.29 is 9.90 Å². The molecule has 0 aliphatic carbocycles. The van der Waals surface area contributed by atoms with E-state index in [-0.39, 0.29) is 18.2 Å². The van der Waals surface area contributed by atoms with Crippen molar-refractivity contribution in [2.24, 2.45) is 0 Å². The van der Waals surface area contributed by atoms with Crippen LogP contribution in [-0.4, -0.2) is 20.2 Å². The highest BCUT2D eigenvalue weighted by molar-refractivity contribution is 9.10. The van der Waals surface area contributed by atoms with Crippen molar-refractivity contribution in [2.75, 3.05) is 0 Å². The minimum absolute atomic E-state index is 0.0594. The highest BCUT2D eigenvalue weighted by Gasteiger charge is 2.22. The first-order chi connectivity index (χ1) is 14.0. The molecule has 1 N–H and O–H groups in total. The second-order valence-corrected chi connectivity index (χ2v) is 9.00. The van der Waals surface area contributed by atoms with E-state index >= 15 is 0 Å². The van der Waals surface area contributed by atoms with Crippen LogP contribution in [0, 0.1) is 0 Å². The van der Waals surface area contributed by atoms with E-state index in [0.717, 1.165) is 32.9 Å². The predicted octanol–water partition coefficient (Wildman–Crippen LogP) is 5.64. The van der Waals surface area contributed by atoms with Gasteiger partial charge in [-0.05, 0) is 53.1 Å². The van der Waals surface area contributed by atoms with Crippen molar-refractivity contribution >= 4 is 54.4 Å². The van der Waals surface area contributed by atoms with Gasteiger partial charge in [0.2, 0.25) is 0 Å². The summed E-state index contributed by atoms with van der Waals surface area (Å²) in [6.07, 6.45) is 1.40. The van der Waals surface area contributed by atoms with Crippen LogP contribution < -0.4 is 5.69 Å². The highest BCUT2D eigenvalue weighted by Crippen LogP contribution is 2.30. The SMILES string of the molecule is CCCC(CC(=O)O)n1c(=O)n(Cc2csc3ccc(Br)cc23)c2ccccc21. The molecule has 150 valence electrons. The van der Waals surface area contributed by atoms with Crippen LogP contribution in [0.25, 0.3) is 21.1 Å². The van der Waals surface area contributed by atoms with Gasteiger partial charge >= 0.3 is 11.7 Å². The Morgan fingerprint density at radius 3 is 2.69 bits per heavy atom. The fourth-order valence-corrected chi connectivity index (χ4v) is 5.24. The topological polar surface area (TPSA) is 64.2 Å². The summed E-state index contributed by atoms with van der Waals surface area (Å²) in [5, 5.41) is 12.6. The van der Waals surface area contributed by atoms with Crippen LogP contribution in [0.3, 0.4) is 0 Å². The number of hydrogen-bond donors (Lipinski definition) is 1. The van der Waals surface area contributed by atoms with E-state index in [4.69, 9.17) is 0 Å². The van der Waals surface area contributed by atoms with Crippen molar-refractivity contribution in [3.05, 3.63) is 68.4 Å². The Kier molecular flexibility index (Phi) is 5.61. The Morgan fingerprint density at radius 2 is 1.97 bits per heavy atom. The van der Waals surface area contributed by atoms with Gasteiger partial charge in [-0.2, -0.15) is 0 Å². The Balaban J connectivity index is 1.87. The Bertz CT molecular complexity index is 1250. The number of carboxylic acid groups (broad SMARTS) is 1. The average Bonchev–Trinajstić information content (AvgIpc) is 3.20. The molecule has 0 amide bonds. The van der Waals surface area contributed by atoms with Gasteiger partial charge in [0.1, 0.15) is 0 Å². The molecule has 0 fully saturated rings. The monoisotopic (exact) mass is 472 g/mol. The van der Waals surface area contributed by atoms with Gasteiger partial charge in [-0.3, -0.25) is 13.9 Å². The third-order valence-electron chi connectivity index (χ3n) is 5.21. The zero-order chi connectivity index (χ0) is 20.5. The second-order valence-electron chi connectivity index (χ2n) is 7.17. The summed E-state index contributed by atoms with van der Waals surface area (Å²) in [5.41, 5.74) is 2.55. The van der Waals surface area contributed by atoms with Crippen LogP contribution >= 0.6 is 27.3 Å². The number of benzene rings is 2. The Labute approximate surface area is 180 Å². The van der Waals surface area contributed by atoms with Crippen molar-refractivity contribution in [1.29, 1.82) is 0 Å². The van der Waals surface area contributed by atoms with E-state index in [2.05, 4.69) is 33.4 Å². The molecule has 5 nitrogen and oxygen atoms in total. The molecule has 1 atom stereocenters. The number of carbonyl (C=O) groups is 1. The number of carboxylic acids is 1. The van der Waals surface area contributed by atoms with E-state index in [1.54, 1.807) is 20.5 Å². The molecule has 0 saturated heterocycles. The van der Waals surface area contributed by atoms with Gasteiger partial charge in [0, 0.05) is 15.2 Å². The van der Waals surface area contributed by atoms with E-state index in [0.29, 0.717) is 13.0 Å². The number of imidazole rings is 1. The molecule has 2 aromatic heterocycles. The van der Waals surface area contributed by atoms with Crippen LogP contribution in [-0.2, 0) is 11.3 Å². The number of nitrogens with zero attached hydrogens (tertiary/aromatic N) is 2. The standard InChI is InChI=1S/C22H21BrN2O3S/c1-2-5-16(11-21(26)27)25-19-7-4-3-6-18(19)24(22(25)28)12-14-13-29-20-9-8-15(23)10-17(14)20/h3-4,6-10,13,16H,2,5,11-12H2,1H3,(H,26,27). The van der Waals surface area contributed by atoms with Gasteiger partial charge in [-0.25, -0.2) is 4.79 Å². The van der Waals surface area contributed by atoms with Crippen molar-refractivity contribution in [3.8, 4) is 0 Å². The fraction of sp³-hybridized carbons (Fsp3) is 0.273. The molecule has 2 aromatic carbocycles. The minimum atomic E-state index is -0.888. The van der Waals surface area contributed by atoms with Gasteiger partial charge in [-0.15, -0.1) is 11.3 Å². The number of aromatic nitrogens is 2. The van der Waals surface area contributed by atoms with Crippen LogP contribution in [0.2, 0.25) is 0 Å². The molecule has 0 aliphatic heterocycles. The summed E-state index contributed by atoms with van der Waals surface area (Å²) in [6.45, 7) is 2.46. The van der Waals surface area contributed by atoms with Crippen LogP contribution in [0.1, 0.15) is 37.8 Å². The molecule has 4 aromatic rings. The summed E-state index contributed by atoms with van der Waals surface area (Å²) in [7, 11) is 0. The van der Waals surface area contributed by atoms with Crippen molar-refractivity contribution in [3.63, 3.8) is 0 Å². The summed E-state index contributed by atoms with van der Waals surface area (Å²) in [6, 6.07) is 13.5. The molecule has 0 saturated carbocycles. The van der Waals surface area contributed by atoms with E-state index in [1.165, 1.54) is 4.70 Å². The molecule has 4 rings (SSSR count). The van der Waals surface area contributed by atoms with Gasteiger partial charge in [0.15, 0.2) is 0 Å². The van der Waals surface area contributed by atoms with Crippen molar-refractivity contribution in [1.82, 2.24) is 9.13 Å². The van der Waals surface area contributed by atoms with Crippen molar-refractivity contribution in [2.45, 2.75) is 38.8 Å². The van der Waals surface area contributed by atoms with Crippen LogP contribution in [0.4, 0.5) is 0 Å². The summed E-state index contributed by atoms with van der Waals surface area (Å²) >= 11 is 5.19. The third-order valence-corrected chi connectivity index (χ3v) is 6.72.